The Hall–Kier alpha value is -2.59. The van der Waals surface area contributed by atoms with Crippen molar-refractivity contribution in [1.29, 1.82) is 5.26 Å². The van der Waals surface area contributed by atoms with E-state index in [1.807, 2.05) is 16.8 Å². The van der Waals surface area contributed by atoms with Gasteiger partial charge in [0.15, 0.2) is 11.5 Å². The van der Waals surface area contributed by atoms with Gasteiger partial charge in [0.1, 0.15) is 10.4 Å². The second kappa shape index (κ2) is 5.42. The molecule has 3 rings (SSSR count). The normalized spacial score (nSPS) is 10.3. The van der Waals surface area contributed by atoms with E-state index in [-0.39, 0.29) is 0 Å². The van der Waals surface area contributed by atoms with E-state index in [1.54, 1.807) is 31.5 Å². The molecule has 0 saturated heterocycles. The molecule has 0 aliphatic carbocycles. The predicted molar refractivity (Wildman–Crippen MR) is 81.7 cm³/mol. The van der Waals surface area contributed by atoms with Crippen molar-refractivity contribution < 1.29 is 4.74 Å². The van der Waals surface area contributed by atoms with Gasteiger partial charge in [0.25, 0.3) is 0 Å². The number of nitriles is 1. The number of hydrogen-bond donors (Lipinski definition) is 1. The summed E-state index contributed by atoms with van der Waals surface area (Å²) < 4.78 is 7.84. The summed E-state index contributed by atoms with van der Waals surface area (Å²) in [6.07, 6.45) is 5.36. The molecule has 104 valence electrons. The van der Waals surface area contributed by atoms with Crippen LogP contribution >= 0.6 is 15.9 Å². The number of nitrogens with one attached hydrogen (secondary N) is 1. The number of methoxy groups -OCH3 is 1. The molecule has 1 N–H and O–H groups in total. The average molecular weight is 344 g/mol. The maximum atomic E-state index is 8.93. The lowest BCUT2D eigenvalue weighted by atomic mass is 10.2. The second-order valence-corrected chi connectivity index (χ2v) is 5.03. The molecule has 0 amide bonds. The van der Waals surface area contributed by atoms with Crippen LogP contribution in [-0.4, -0.2) is 21.5 Å². The zero-order chi connectivity index (χ0) is 14.8. The van der Waals surface area contributed by atoms with Crippen LogP contribution in [-0.2, 0) is 0 Å². The lowest BCUT2D eigenvalue weighted by Gasteiger charge is -2.11. The number of hydrogen-bond acceptors (Lipinski definition) is 5. The van der Waals surface area contributed by atoms with Crippen molar-refractivity contribution in [3.63, 3.8) is 0 Å². The zero-order valence-electron chi connectivity index (χ0n) is 11.0. The highest BCUT2D eigenvalue weighted by atomic mass is 79.9. The summed E-state index contributed by atoms with van der Waals surface area (Å²) in [5.74, 6) is 1.16. The number of aromatic nitrogens is 3. The van der Waals surface area contributed by atoms with E-state index in [0.29, 0.717) is 33.1 Å². The van der Waals surface area contributed by atoms with Crippen LogP contribution in [0.2, 0.25) is 0 Å². The minimum Gasteiger partial charge on any atom is -0.495 e. The van der Waals surface area contributed by atoms with Gasteiger partial charge in [0.2, 0.25) is 0 Å². The van der Waals surface area contributed by atoms with Crippen molar-refractivity contribution in [3.05, 3.63) is 47.0 Å². The summed E-state index contributed by atoms with van der Waals surface area (Å²) >= 11 is 3.37. The SMILES string of the molecule is COc1cc(C#N)ccc1Nc1nc(Br)cn2ccnc12. The van der Waals surface area contributed by atoms with Crippen LogP contribution in [0.3, 0.4) is 0 Å². The molecule has 0 unspecified atom stereocenters. The molecule has 7 heteroatoms. The first kappa shape index (κ1) is 13.4. The molecular formula is C14H10BrN5O. The van der Waals surface area contributed by atoms with Crippen molar-refractivity contribution in [2.75, 3.05) is 12.4 Å². The molecule has 0 aliphatic rings. The quantitative estimate of drug-likeness (QED) is 0.790. The van der Waals surface area contributed by atoms with E-state index in [0.717, 1.165) is 0 Å². The van der Waals surface area contributed by atoms with Crippen LogP contribution in [0, 0.1) is 11.3 Å². The number of ether oxygens (including phenoxy) is 1. The monoisotopic (exact) mass is 343 g/mol. The highest BCUT2D eigenvalue weighted by Crippen LogP contribution is 2.29. The minimum atomic E-state index is 0.533. The van der Waals surface area contributed by atoms with Crippen molar-refractivity contribution in [3.8, 4) is 11.8 Å². The largest absolute Gasteiger partial charge is 0.495 e. The van der Waals surface area contributed by atoms with Gasteiger partial charge in [-0.2, -0.15) is 5.26 Å². The molecule has 0 fully saturated rings. The number of benzene rings is 1. The number of imidazole rings is 1. The molecule has 6 nitrogen and oxygen atoms in total. The topological polar surface area (TPSA) is 75.2 Å². The van der Waals surface area contributed by atoms with Crippen molar-refractivity contribution >= 4 is 33.1 Å². The summed E-state index contributed by atoms with van der Waals surface area (Å²) in [6.45, 7) is 0. The van der Waals surface area contributed by atoms with E-state index in [2.05, 4.69) is 37.3 Å². The van der Waals surface area contributed by atoms with E-state index in [9.17, 15) is 0 Å². The number of halogens is 1. The van der Waals surface area contributed by atoms with Gasteiger partial charge in [-0.3, -0.25) is 0 Å². The summed E-state index contributed by atoms with van der Waals surface area (Å²) in [6, 6.07) is 7.24. The van der Waals surface area contributed by atoms with Gasteiger partial charge in [-0.1, -0.05) is 0 Å². The Morgan fingerprint density at radius 3 is 3.05 bits per heavy atom. The molecule has 1 aromatic carbocycles. The van der Waals surface area contributed by atoms with Crippen LogP contribution in [0.1, 0.15) is 5.56 Å². The fourth-order valence-electron chi connectivity index (χ4n) is 1.98. The third-order valence-electron chi connectivity index (χ3n) is 2.93. The highest BCUT2D eigenvalue weighted by Gasteiger charge is 2.10. The Labute approximate surface area is 129 Å². The van der Waals surface area contributed by atoms with Crippen LogP contribution in [0.4, 0.5) is 11.5 Å². The highest BCUT2D eigenvalue weighted by molar-refractivity contribution is 9.10. The predicted octanol–water partition coefficient (Wildman–Crippen LogP) is 3.12. The lowest BCUT2D eigenvalue weighted by Crippen LogP contribution is -2.00. The fraction of sp³-hybridized carbons (Fsp3) is 0.0714. The first-order chi connectivity index (χ1) is 10.2. The maximum Gasteiger partial charge on any atom is 0.180 e. The molecule has 0 spiro atoms. The third-order valence-corrected chi connectivity index (χ3v) is 3.31. The van der Waals surface area contributed by atoms with Gasteiger partial charge < -0.3 is 14.5 Å². The number of rotatable bonds is 3. The Morgan fingerprint density at radius 2 is 2.29 bits per heavy atom. The molecule has 2 heterocycles. The Bertz CT molecular complexity index is 852. The standard InChI is InChI=1S/C14H10BrN5O/c1-21-11-6-9(7-16)2-3-10(11)18-13-14-17-4-5-20(14)8-12(15)19-13/h2-6,8H,1H3,(H,18,19). The fourth-order valence-corrected chi connectivity index (χ4v) is 2.37. The smallest absolute Gasteiger partial charge is 0.180 e. The van der Waals surface area contributed by atoms with Crippen molar-refractivity contribution in [2.45, 2.75) is 0 Å². The van der Waals surface area contributed by atoms with Gasteiger partial charge in [-0.05, 0) is 28.1 Å². The Morgan fingerprint density at radius 1 is 1.43 bits per heavy atom. The van der Waals surface area contributed by atoms with Gasteiger partial charge in [0.05, 0.1) is 24.4 Å². The van der Waals surface area contributed by atoms with Gasteiger partial charge in [-0.15, -0.1) is 0 Å². The zero-order valence-corrected chi connectivity index (χ0v) is 12.6. The molecule has 3 aromatic rings. The minimum absolute atomic E-state index is 0.533. The molecule has 21 heavy (non-hydrogen) atoms. The lowest BCUT2D eigenvalue weighted by molar-refractivity contribution is 0.416. The summed E-state index contributed by atoms with van der Waals surface area (Å²) in [7, 11) is 1.56. The van der Waals surface area contributed by atoms with Crippen molar-refractivity contribution in [2.24, 2.45) is 0 Å². The van der Waals surface area contributed by atoms with E-state index in [1.165, 1.54) is 0 Å². The average Bonchev–Trinajstić information content (AvgIpc) is 2.96. The molecule has 0 aliphatic heterocycles. The maximum absolute atomic E-state index is 8.93. The van der Waals surface area contributed by atoms with Gasteiger partial charge >= 0.3 is 0 Å². The molecule has 0 saturated carbocycles. The molecule has 0 atom stereocenters. The summed E-state index contributed by atoms with van der Waals surface area (Å²) in [5, 5.41) is 12.1. The van der Waals surface area contributed by atoms with Crippen LogP contribution in [0.5, 0.6) is 5.75 Å². The number of fused-ring (bicyclic) bond motifs is 1. The van der Waals surface area contributed by atoms with E-state index in [4.69, 9.17) is 10.00 Å². The first-order valence-electron chi connectivity index (χ1n) is 6.05. The molecule has 0 radical (unpaired) electrons. The Balaban J connectivity index is 2.06. The van der Waals surface area contributed by atoms with Crippen molar-refractivity contribution in [1.82, 2.24) is 14.4 Å². The van der Waals surface area contributed by atoms with Crippen LogP contribution < -0.4 is 10.1 Å². The van der Waals surface area contributed by atoms with E-state index < -0.39 is 0 Å². The number of nitrogens with zero attached hydrogens (tertiary/aromatic N) is 4. The van der Waals surface area contributed by atoms with Gasteiger partial charge in [0, 0.05) is 24.7 Å². The molecular weight excluding hydrogens is 334 g/mol. The number of anilines is 2. The van der Waals surface area contributed by atoms with Crippen LogP contribution in [0.15, 0.2) is 41.4 Å². The summed E-state index contributed by atoms with van der Waals surface area (Å²) in [4.78, 5) is 8.66. The molecule has 0 bridgehead atoms. The summed E-state index contributed by atoms with van der Waals surface area (Å²) in [5.41, 5.74) is 1.95. The first-order valence-corrected chi connectivity index (χ1v) is 6.85. The second-order valence-electron chi connectivity index (χ2n) is 4.22. The van der Waals surface area contributed by atoms with Crippen LogP contribution in [0.25, 0.3) is 5.65 Å². The van der Waals surface area contributed by atoms with Gasteiger partial charge in [-0.25, -0.2) is 9.97 Å². The van der Waals surface area contributed by atoms with E-state index >= 15 is 0 Å². The third kappa shape index (κ3) is 2.53. The Kier molecular flexibility index (Phi) is 3.46. The molecule has 2 aromatic heterocycles.